The quantitative estimate of drug-likeness (QED) is 0.404. The molecule has 0 aromatic rings. The van der Waals surface area contributed by atoms with Crippen molar-refractivity contribution in [3.05, 3.63) is 0 Å². The van der Waals surface area contributed by atoms with Gasteiger partial charge < -0.3 is 5.32 Å². The van der Waals surface area contributed by atoms with Gasteiger partial charge in [-0.25, -0.2) is 0 Å². The van der Waals surface area contributed by atoms with Crippen molar-refractivity contribution in [3.63, 3.8) is 0 Å². The first-order chi connectivity index (χ1) is 9.84. The van der Waals surface area contributed by atoms with E-state index in [-0.39, 0.29) is 0 Å². The Morgan fingerprint density at radius 3 is 1.85 bits per heavy atom. The minimum Gasteiger partial charge on any atom is -0.314 e. The van der Waals surface area contributed by atoms with Gasteiger partial charge in [-0.3, -0.25) is 0 Å². The molecule has 1 rings (SSSR count). The van der Waals surface area contributed by atoms with Crippen molar-refractivity contribution in [2.24, 2.45) is 5.92 Å². The summed E-state index contributed by atoms with van der Waals surface area (Å²) < 4.78 is 0. The molecular weight excluding hydrogens is 242 g/mol. The van der Waals surface area contributed by atoms with Crippen LogP contribution < -0.4 is 5.32 Å². The van der Waals surface area contributed by atoms with Gasteiger partial charge in [0.05, 0.1) is 0 Å². The first-order valence-electron chi connectivity index (χ1n) is 9.58. The molecule has 1 atom stereocenters. The van der Waals surface area contributed by atoms with Crippen LogP contribution in [0.25, 0.3) is 0 Å². The van der Waals surface area contributed by atoms with E-state index in [2.05, 4.69) is 19.2 Å². The van der Waals surface area contributed by atoms with Crippen LogP contribution in [0.1, 0.15) is 104 Å². The maximum Gasteiger partial charge on any atom is 0.00669 e. The molecule has 1 saturated carbocycles. The largest absolute Gasteiger partial charge is 0.314 e. The Bertz CT molecular complexity index is 196. The fourth-order valence-corrected chi connectivity index (χ4v) is 3.57. The Morgan fingerprint density at radius 2 is 1.30 bits per heavy atom. The number of hydrogen-bond acceptors (Lipinski definition) is 1. The highest BCUT2D eigenvalue weighted by atomic mass is 14.9. The topological polar surface area (TPSA) is 12.0 Å². The van der Waals surface area contributed by atoms with Gasteiger partial charge in [-0.05, 0) is 38.6 Å². The molecule has 1 aliphatic carbocycles. The molecule has 1 nitrogen and oxygen atoms in total. The molecule has 1 aliphatic rings. The Hall–Kier alpha value is -0.0400. The number of unbranched alkanes of at least 4 members (excludes halogenated alkanes) is 9. The van der Waals surface area contributed by atoms with Gasteiger partial charge in [-0.1, -0.05) is 77.6 Å². The molecule has 0 spiro atoms. The molecule has 0 bridgehead atoms. The van der Waals surface area contributed by atoms with Gasteiger partial charge in [0.2, 0.25) is 0 Å². The second-order valence-corrected chi connectivity index (χ2v) is 6.97. The third kappa shape index (κ3) is 9.00. The Morgan fingerprint density at radius 1 is 0.800 bits per heavy atom. The highest BCUT2D eigenvalue weighted by Crippen LogP contribution is 2.27. The van der Waals surface area contributed by atoms with Crippen LogP contribution in [0.4, 0.5) is 0 Å². The monoisotopic (exact) mass is 281 g/mol. The summed E-state index contributed by atoms with van der Waals surface area (Å²) in [5, 5.41) is 3.75. The minimum atomic E-state index is 0.760. The number of rotatable bonds is 13. The summed E-state index contributed by atoms with van der Waals surface area (Å²) in [4.78, 5) is 0. The molecule has 20 heavy (non-hydrogen) atoms. The van der Waals surface area contributed by atoms with E-state index in [4.69, 9.17) is 0 Å². The lowest BCUT2D eigenvalue weighted by Crippen LogP contribution is -2.32. The predicted octanol–water partition coefficient (Wildman–Crippen LogP) is 6.08. The van der Waals surface area contributed by atoms with Crippen molar-refractivity contribution in [1.29, 1.82) is 0 Å². The third-order valence-electron chi connectivity index (χ3n) is 5.10. The van der Waals surface area contributed by atoms with Gasteiger partial charge in [-0.15, -0.1) is 0 Å². The maximum atomic E-state index is 3.75. The molecule has 0 radical (unpaired) electrons. The molecule has 0 saturated heterocycles. The lowest BCUT2D eigenvalue weighted by Gasteiger charge is -2.20. The highest BCUT2D eigenvalue weighted by molar-refractivity contribution is 4.76. The van der Waals surface area contributed by atoms with E-state index >= 15 is 0 Å². The second-order valence-electron chi connectivity index (χ2n) is 6.97. The molecule has 1 heteroatoms. The number of nitrogens with one attached hydrogen (secondary N) is 1. The van der Waals surface area contributed by atoms with Gasteiger partial charge in [0.25, 0.3) is 0 Å². The van der Waals surface area contributed by atoms with Gasteiger partial charge in [0.15, 0.2) is 0 Å². The summed E-state index contributed by atoms with van der Waals surface area (Å²) in [5.74, 6) is 0.970. The van der Waals surface area contributed by atoms with Gasteiger partial charge in [0, 0.05) is 6.04 Å². The van der Waals surface area contributed by atoms with Gasteiger partial charge in [0.1, 0.15) is 0 Å². The average molecular weight is 282 g/mol. The van der Waals surface area contributed by atoms with Gasteiger partial charge >= 0.3 is 0 Å². The van der Waals surface area contributed by atoms with E-state index in [0.717, 1.165) is 12.0 Å². The maximum absolute atomic E-state index is 3.75. The summed E-state index contributed by atoms with van der Waals surface area (Å²) in [6.07, 6.45) is 20.3. The summed E-state index contributed by atoms with van der Waals surface area (Å²) in [6, 6.07) is 0.760. The number of hydrogen-bond donors (Lipinski definition) is 1. The highest BCUT2D eigenvalue weighted by Gasteiger charge is 2.20. The van der Waals surface area contributed by atoms with E-state index < -0.39 is 0 Å². The van der Waals surface area contributed by atoms with E-state index in [1.807, 2.05) is 0 Å². The zero-order valence-electron chi connectivity index (χ0n) is 14.3. The third-order valence-corrected chi connectivity index (χ3v) is 5.10. The summed E-state index contributed by atoms with van der Waals surface area (Å²) in [7, 11) is 0. The van der Waals surface area contributed by atoms with Crippen molar-refractivity contribution in [1.82, 2.24) is 5.32 Å². The van der Waals surface area contributed by atoms with E-state index in [1.165, 1.54) is 96.4 Å². The SMILES string of the molecule is CCCCCCCCCCCCNC(C)C1CCCC1. The standard InChI is InChI=1S/C19H39N/c1-3-4-5-6-7-8-9-10-11-14-17-20-18(2)19-15-12-13-16-19/h18-20H,3-17H2,1-2H3. The lowest BCUT2D eigenvalue weighted by molar-refractivity contribution is 0.377. The van der Waals surface area contributed by atoms with E-state index in [1.54, 1.807) is 0 Å². The zero-order valence-corrected chi connectivity index (χ0v) is 14.3. The molecule has 0 heterocycles. The van der Waals surface area contributed by atoms with E-state index in [0.29, 0.717) is 0 Å². The van der Waals surface area contributed by atoms with Crippen LogP contribution in [0.15, 0.2) is 0 Å². The molecule has 120 valence electrons. The summed E-state index contributed by atoms with van der Waals surface area (Å²) in [5.41, 5.74) is 0. The van der Waals surface area contributed by atoms with Crippen LogP contribution in [-0.4, -0.2) is 12.6 Å². The van der Waals surface area contributed by atoms with E-state index in [9.17, 15) is 0 Å². The van der Waals surface area contributed by atoms with Crippen molar-refractivity contribution in [2.45, 2.75) is 110 Å². The normalized spacial score (nSPS) is 17.7. The Kier molecular flexibility index (Phi) is 11.4. The smallest absolute Gasteiger partial charge is 0.00669 e. The molecule has 1 unspecified atom stereocenters. The van der Waals surface area contributed by atoms with Crippen LogP contribution in [0.5, 0.6) is 0 Å². The van der Waals surface area contributed by atoms with Crippen LogP contribution in [-0.2, 0) is 0 Å². The summed E-state index contributed by atoms with van der Waals surface area (Å²) >= 11 is 0. The Labute approximate surface area is 128 Å². The van der Waals surface area contributed by atoms with Gasteiger partial charge in [-0.2, -0.15) is 0 Å². The fraction of sp³-hybridized carbons (Fsp3) is 1.00. The molecule has 1 fully saturated rings. The van der Waals surface area contributed by atoms with Crippen molar-refractivity contribution < 1.29 is 0 Å². The fourth-order valence-electron chi connectivity index (χ4n) is 3.57. The molecular formula is C19H39N. The molecule has 0 aromatic carbocycles. The van der Waals surface area contributed by atoms with Crippen LogP contribution in [0.3, 0.4) is 0 Å². The molecule has 0 aliphatic heterocycles. The average Bonchev–Trinajstić information content (AvgIpc) is 2.99. The van der Waals surface area contributed by atoms with Crippen LogP contribution in [0.2, 0.25) is 0 Å². The molecule has 0 aromatic heterocycles. The van der Waals surface area contributed by atoms with Crippen molar-refractivity contribution >= 4 is 0 Å². The predicted molar refractivity (Wildman–Crippen MR) is 91.3 cm³/mol. The van der Waals surface area contributed by atoms with Crippen LogP contribution >= 0.6 is 0 Å². The van der Waals surface area contributed by atoms with Crippen molar-refractivity contribution in [2.75, 3.05) is 6.54 Å². The molecule has 1 N–H and O–H groups in total. The first-order valence-corrected chi connectivity index (χ1v) is 9.58. The first kappa shape index (κ1) is 18.0. The Balaban J connectivity index is 1.76. The summed E-state index contributed by atoms with van der Waals surface area (Å²) in [6.45, 7) is 5.93. The molecule has 0 amide bonds. The minimum absolute atomic E-state index is 0.760. The zero-order chi connectivity index (χ0) is 14.5. The second kappa shape index (κ2) is 12.7. The lowest BCUT2D eigenvalue weighted by atomic mass is 9.99. The van der Waals surface area contributed by atoms with Crippen molar-refractivity contribution in [3.8, 4) is 0 Å². The van der Waals surface area contributed by atoms with Crippen LogP contribution in [0, 0.1) is 5.92 Å².